The number of hydrogen-bond donors (Lipinski definition) is 2. The maximum atomic E-state index is 9.44. The van der Waals surface area contributed by atoms with Gasteiger partial charge in [-0.1, -0.05) is 27.7 Å². The molecule has 0 amide bonds. The third-order valence-corrected chi connectivity index (χ3v) is 7.35. The van der Waals surface area contributed by atoms with E-state index in [0.29, 0.717) is 49.0 Å². The van der Waals surface area contributed by atoms with Gasteiger partial charge in [0.15, 0.2) is 21.3 Å². The largest absolute Gasteiger partial charge is 0.336 e. The van der Waals surface area contributed by atoms with Crippen LogP contribution in [0.2, 0.25) is 0 Å². The summed E-state index contributed by atoms with van der Waals surface area (Å²) in [6, 6.07) is 4.44. The Hall–Kier alpha value is -2.44. The average molecular weight is 535 g/mol. The molecule has 0 aromatic carbocycles. The van der Waals surface area contributed by atoms with Crippen LogP contribution in [0.1, 0.15) is 93.9 Å². The van der Waals surface area contributed by atoms with E-state index < -0.39 is 22.4 Å². The van der Waals surface area contributed by atoms with Gasteiger partial charge in [0.2, 0.25) is 0 Å². The Balaban J connectivity index is 3.08. The Morgan fingerprint density at radius 2 is 1.03 bits per heavy atom. The zero-order valence-electron chi connectivity index (χ0n) is 23.1. The standard InChI is InChI=1S/C24H42N10S2/c1-9-21(5,17-25)29-31-23(7,11-3)27-19(35)33-15-13-14-16-34(33)20(36)28-24(8,12-4)32-30-22(6,10-2)18-26/h9-16H2,1-8H3,(H,27,35)(H,28,36)/b31-29+,32-30+. The van der Waals surface area contributed by atoms with Crippen LogP contribution in [0.25, 0.3) is 0 Å². The predicted molar refractivity (Wildman–Crippen MR) is 150 cm³/mol. The Labute approximate surface area is 227 Å². The summed E-state index contributed by atoms with van der Waals surface area (Å²) in [4.78, 5) is 0. The van der Waals surface area contributed by atoms with Crippen LogP contribution < -0.4 is 10.6 Å². The second-order valence-electron chi connectivity index (χ2n) is 9.95. The summed E-state index contributed by atoms with van der Waals surface area (Å²) in [5.41, 5.74) is -3.28. The van der Waals surface area contributed by atoms with E-state index in [4.69, 9.17) is 24.4 Å². The van der Waals surface area contributed by atoms with Crippen molar-refractivity contribution < 1.29 is 0 Å². The van der Waals surface area contributed by atoms with Gasteiger partial charge in [0, 0.05) is 13.1 Å². The second kappa shape index (κ2) is 13.2. The van der Waals surface area contributed by atoms with E-state index in [1.807, 2.05) is 51.6 Å². The van der Waals surface area contributed by atoms with Gasteiger partial charge in [-0.05, 0) is 90.7 Å². The molecule has 4 atom stereocenters. The van der Waals surface area contributed by atoms with Crippen molar-refractivity contribution in [1.29, 1.82) is 10.5 Å². The van der Waals surface area contributed by atoms with Crippen molar-refractivity contribution in [3.05, 3.63) is 0 Å². The summed E-state index contributed by atoms with van der Waals surface area (Å²) in [5, 5.41) is 48.0. The molecule has 2 N–H and O–H groups in total. The number of nitrogens with one attached hydrogen (secondary N) is 2. The number of hydrazine groups is 1. The molecule has 10 nitrogen and oxygen atoms in total. The summed E-state index contributed by atoms with van der Waals surface area (Å²) in [7, 11) is 0. The quantitative estimate of drug-likeness (QED) is 0.274. The lowest BCUT2D eigenvalue weighted by atomic mass is 10.0. The minimum atomic E-state index is -0.874. The van der Waals surface area contributed by atoms with Gasteiger partial charge in [0.25, 0.3) is 0 Å². The number of hydrogen-bond acceptors (Lipinski definition) is 8. The molecule has 1 aliphatic heterocycles. The molecule has 1 fully saturated rings. The lowest BCUT2D eigenvalue weighted by Gasteiger charge is -2.44. The first-order valence-corrected chi connectivity index (χ1v) is 13.5. The van der Waals surface area contributed by atoms with Crippen LogP contribution in [-0.2, 0) is 0 Å². The third kappa shape index (κ3) is 8.59. The Morgan fingerprint density at radius 3 is 1.28 bits per heavy atom. The molecule has 0 aliphatic carbocycles. The fourth-order valence-electron chi connectivity index (χ4n) is 2.93. The van der Waals surface area contributed by atoms with Crippen LogP contribution in [0.4, 0.5) is 0 Å². The number of nitriles is 2. The smallest absolute Gasteiger partial charge is 0.190 e. The first-order chi connectivity index (χ1) is 16.8. The highest BCUT2D eigenvalue weighted by Gasteiger charge is 2.33. The molecule has 1 rings (SSSR count). The Kier molecular flexibility index (Phi) is 11.6. The predicted octanol–water partition coefficient (Wildman–Crippen LogP) is 5.59. The Morgan fingerprint density at radius 1 is 0.694 bits per heavy atom. The van der Waals surface area contributed by atoms with Crippen molar-refractivity contribution >= 4 is 34.7 Å². The van der Waals surface area contributed by atoms with E-state index in [2.05, 4.69) is 43.2 Å². The van der Waals surface area contributed by atoms with Crippen LogP contribution in [0.3, 0.4) is 0 Å². The van der Waals surface area contributed by atoms with Crippen LogP contribution in [0.15, 0.2) is 20.5 Å². The molecule has 4 unspecified atom stereocenters. The van der Waals surface area contributed by atoms with E-state index in [9.17, 15) is 10.5 Å². The van der Waals surface area contributed by atoms with Gasteiger partial charge in [0.05, 0.1) is 12.1 Å². The van der Waals surface area contributed by atoms with Crippen LogP contribution in [0, 0.1) is 22.7 Å². The molecule has 200 valence electrons. The van der Waals surface area contributed by atoms with Crippen molar-refractivity contribution in [1.82, 2.24) is 20.7 Å². The normalized spacial score (nSPS) is 20.9. The minimum Gasteiger partial charge on any atom is -0.336 e. The number of rotatable bonds is 10. The van der Waals surface area contributed by atoms with Gasteiger partial charge in [-0.2, -0.15) is 31.0 Å². The second-order valence-corrected chi connectivity index (χ2v) is 10.7. The fourth-order valence-corrected chi connectivity index (χ4v) is 3.75. The molecule has 0 saturated carbocycles. The first-order valence-electron chi connectivity index (χ1n) is 12.7. The fraction of sp³-hybridized carbons (Fsp3) is 0.833. The highest BCUT2D eigenvalue weighted by Crippen LogP contribution is 2.23. The summed E-state index contributed by atoms with van der Waals surface area (Å²) >= 11 is 11.6. The van der Waals surface area contributed by atoms with Crippen molar-refractivity contribution in [2.24, 2.45) is 20.5 Å². The minimum absolute atomic E-state index is 0.486. The molecule has 0 spiro atoms. The van der Waals surface area contributed by atoms with Gasteiger partial charge in [-0.15, -0.1) is 0 Å². The first kappa shape index (κ1) is 31.6. The summed E-state index contributed by atoms with van der Waals surface area (Å²) < 4.78 is 0. The summed E-state index contributed by atoms with van der Waals surface area (Å²) in [6.07, 6.45) is 4.32. The van der Waals surface area contributed by atoms with E-state index in [0.717, 1.165) is 12.8 Å². The zero-order chi connectivity index (χ0) is 27.6. The molecule has 1 aliphatic rings. The van der Waals surface area contributed by atoms with Crippen LogP contribution in [0.5, 0.6) is 0 Å². The van der Waals surface area contributed by atoms with Gasteiger partial charge >= 0.3 is 0 Å². The monoisotopic (exact) mass is 534 g/mol. The molecule has 0 aromatic rings. The van der Waals surface area contributed by atoms with E-state index in [1.54, 1.807) is 13.8 Å². The van der Waals surface area contributed by atoms with Crippen molar-refractivity contribution in [2.45, 2.75) is 116 Å². The molecule has 36 heavy (non-hydrogen) atoms. The number of thiocarbonyl (C=S) groups is 2. The van der Waals surface area contributed by atoms with Crippen molar-refractivity contribution in [3.63, 3.8) is 0 Å². The van der Waals surface area contributed by atoms with E-state index >= 15 is 0 Å². The van der Waals surface area contributed by atoms with Gasteiger partial charge in [-0.25, -0.2) is 0 Å². The average Bonchev–Trinajstić information content (AvgIpc) is 2.90. The molecule has 12 heteroatoms. The van der Waals surface area contributed by atoms with Gasteiger partial charge in [0.1, 0.15) is 11.3 Å². The molecule has 1 heterocycles. The molecular formula is C24H42N10S2. The van der Waals surface area contributed by atoms with Gasteiger partial charge < -0.3 is 10.6 Å². The highest BCUT2D eigenvalue weighted by molar-refractivity contribution is 7.80. The summed E-state index contributed by atoms with van der Waals surface area (Å²) in [6.45, 7) is 16.6. The maximum Gasteiger partial charge on any atom is 0.190 e. The molecule has 0 aromatic heterocycles. The third-order valence-electron chi connectivity index (χ3n) is 6.72. The van der Waals surface area contributed by atoms with Crippen molar-refractivity contribution in [3.8, 4) is 12.1 Å². The number of azo groups is 2. The SMILES string of the molecule is CCC(C)(C#N)/N=N/C(C)(CC)NC(=S)N1CCCCN1C(=S)NC(C)(CC)/N=N/C(C)(C#N)CC. The highest BCUT2D eigenvalue weighted by atomic mass is 32.1. The topological polar surface area (TPSA) is 128 Å². The Bertz CT molecular complexity index is 851. The van der Waals surface area contributed by atoms with Crippen LogP contribution >= 0.6 is 24.4 Å². The van der Waals surface area contributed by atoms with Gasteiger partial charge in [-0.3, -0.25) is 10.0 Å². The number of nitrogens with zero attached hydrogens (tertiary/aromatic N) is 8. The van der Waals surface area contributed by atoms with E-state index in [1.165, 1.54) is 0 Å². The summed E-state index contributed by atoms with van der Waals surface area (Å²) in [5.74, 6) is 0. The van der Waals surface area contributed by atoms with E-state index in [-0.39, 0.29) is 0 Å². The molecule has 1 saturated heterocycles. The maximum absolute atomic E-state index is 9.44. The molecule has 0 radical (unpaired) electrons. The lowest BCUT2D eigenvalue weighted by molar-refractivity contribution is 0.0856. The zero-order valence-corrected chi connectivity index (χ0v) is 24.7. The lowest BCUT2D eigenvalue weighted by Crippen LogP contribution is -2.62. The van der Waals surface area contributed by atoms with Crippen LogP contribution in [-0.4, -0.2) is 55.7 Å². The van der Waals surface area contributed by atoms with Crippen molar-refractivity contribution in [2.75, 3.05) is 13.1 Å². The molecule has 0 bridgehead atoms. The molecular weight excluding hydrogens is 492 g/mol.